The number of benzene rings is 2. The van der Waals surface area contributed by atoms with E-state index in [1.54, 1.807) is 0 Å². The van der Waals surface area contributed by atoms with Gasteiger partial charge >= 0.3 is 0 Å². The summed E-state index contributed by atoms with van der Waals surface area (Å²) >= 11 is 0. The Kier molecular flexibility index (Phi) is 4.06. The van der Waals surface area contributed by atoms with Gasteiger partial charge in [0, 0.05) is 0 Å². The van der Waals surface area contributed by atoms with Crippen molar-refractivity contribution < 1.29 is 18.3 Å². The summed E-state index contributed by atoms with van der Waals surface area (Å²) in [4.78, 5) is 10.8. The molecule has 5 heteroatoms. The molecule has 0 heterocycles. The molecule has 0 aliphatic heterocycles. The first-order valence-electron chi connectivity index (χ1n) is 5.70. The number of nitrogens with zero attached hydrogens (tertiary/aromatic N) is 1. The van der Waals surface area contributed by atoms with Crippen molar-refractivity contribution in [3.8, 4) is 11.8 Å². The third kappa shape index (κ3) is 2.98. The van der Waals surface area contributed by atoms with Crippen molar-refractivity contribution in [1.82, 2.24) is 0 Å². The quantitative estimate of drug-likeness (QED) is 0.803. The zero-order valence-electron chi connectivity index (χ0n) is 10.3. The molecule has 2 aromatic rings. The maximum absolute atomic E-state index is 13.6. The molecule has 0 saturated carbocycles. The van der Waals surface area contributed by atoms with Gasteiger partial charge in [-0.2, -0.15) is 5.26 Å². The van der Waals surface area contributed by atoms with Gasteiger partial charge in [-0.1, -0.05) is 6.07 Å². The first kappa shape index (κ1) is 13.7. The third-order valence-corrected chi connectivity index (χ3v) is 2.59. The van der Waals surface area contributed by atoms with E-state index in [1.165, 1.54) is 24.3 Å². The molecule has 3 nitrogen and oxygen atoms in total. The van der Waals surface area contributed by atoms with E-state index in [1.807, 2.05) is 6.07 Å². The first-order chi connectivity index (χ1) is 9.63. The number of para-hydroxylation sites is 1. The molecule has 0 radical (unpaired) electrons. The Morgan fingerprint density at radius 3 is 2.75 bits per heavy atom. The minimum Gasteiger partial charge on any atom is -0.485 e. The molecule has 0 atom stereocenters. The lowest BCUT2D eigenvalue weighted by Gasteiger charge is -2.09. The number of hydrogen-bond donors (Lipinski definition) is 0. The van der Waals surface area contributed by atoms with E-state index >= 15 is 0 Å². The van der Waals surface area contributed by atoms with Crippen LogP contribution in [-0.2, 0) is 6.61 Å². The molecule has 0 aromatic heterocycles. The molecule has 0 fully saturated rings. The van der Waals surface area contributed by atoms with Crippen LogP contribution in [-0.4, -0.2) is 6.29 Å². The smallest absolute Gasteiger partial charge is 0.165 e. The van der Waals surface area contributed by atoms with E-state index in [9.17, 15) is 13.6 Å². The van der Waals surface area contributed by atoms with Crippen LogP contribution in [0.15, 0.2) is 36.4 Å². The lowest BCUT2D eigenvalue weighted by atomic mass is 10.1. The van der Waals surface area contributed by atoms with Gasteiger partial charge in [-0.15, -0.1) is 0 Å². The number of halogens is 2. The van der Waals surface area contributed by atoms with Crippen LogP contribution in [0.2, 0.25) is 0 Å². The maximum Gasteiger partial charge on any atom is 0.165 e. The molecule has 0 spiro atoms. The second-order valence-electron chi connectivity index (χ2n) is 4.02. The van der Waals surface area contributed by atoms with Gasteiger partial charge in [-0.3, -0.25) is 4.79 Å². The van der Waals surface area contributed by atoms with Crippen molar-refractivity contribution in [2.45, 2.75) is 6.61 Å². The molecule has 0 N–H and O–H groups in total. The molecular weight excluding hydrogens is 264 g/mol. The highest BCUT2D eigenvalue weighted by Gasteiger charge is 2.10. The van der Waals surface area contributed by atoms with Crippen molar-refractivity contribution in [2.24, 2.45) is 0 Å². The minimum atomic E-state index is -0.675. The van der Waals surface area contributed by atoms with Crippen LogP contribution in [0, 0.1) is 23.0 Å². The summed E-state index contributed by atoms with van der Waals surface area (Å²) in [6.07, 6.45) is 0.477. The van der Waals surface area contributed by atoms with E-state index in [4.69, 9.17) is 10.00 Å². The summed E-state index contributed by atoms with van der Waals surface area (Å²) in [5.41, 5.74) is 0.594. The Balaban J connectivity index is 2.23. The van der Waals surface area contributed by atoms with E-state index in [2.05, 4.69) is 0 Å². The van der Waals surface area contributed by atoms with Crippen molar-refractivity contribution in [3.63, 3.8) is 0 Å². The van der Waals surface area contributed by atoms with Crippen LogP contribution < -0.4 is 4.74 Å². The topological polar surface area (TPSA) is 50.1 Å². The Morgan fingerprint density at radius 1 is 1.25 bits per heavy atom. The maximum atomic E-state index is 13.6. The third-order valence-electron chi connectivity index (χ3n) is 2.59. The molecule has 2 rings (SSSR count). The Bertz CT molecular complexity index is 693. The normalized spacial score (nSPS) is 9.85. The van der Waals surface area contributed by atoms with Crippen LogP contribution in [0.3, 0.4) is 0 Å². The SMILES string of the molecule is N#Cc1cc(F)cc(COc2c(F)cccc2C=O)c1. The summed E-state index contributed by atoms with van der Waals surface area (Å²) in [7, 11) is 0. The molecule has 0 unspecified atom stereocenters. The predicted octanol–water partition coefficient (Wildman–Crippen LogP) is 3.23. The highest BCUT2D eigenvalue weighted by atomic mass is 19.1. The molecule has 0 saturated heterocycles. The number of ether oxygens (including phenoxy) is 1. The molecule has 100 valence electrons. The number of carbonyl (C=O) groups is 1. The summed E-state index contributed by atoms with van der Waals surface area (Å²) in [5.74, 6) is -1.44. The van der Waals surface area contributed by atoms with Gasteiger partial charge in [0.05, 0.1) is 17.2 Å². The van der Waals surface area contributed by atoms with E-state index in [0.717, 1.165) is 12.1 Å². The van der Waals surface area contributed by atoms with Gasteiger partial charge in [-0.05, 0) is 35.9 Å². The second kappa shape index (κ2) is 5.93. The van der Waals surface area contributed by atoms with Crippen LogP contribution in [0.1, 0.15) is 21.5 Å². The van der Waals surface area contributed by atoms with E-state index in [-0.39, 0.29) is 23.5 Å². The molecule has 0 aliphatic rings. The average molecular weight is 273 g/mol. The molecule has 0 amide bonds. The van der Waals surface area contributed by atoms with Gasteiger partial charge in [0.25, 0.3) is 0 Å². The van der Waals surface area contributed by atoms with E-state index in [0.29, 0.717) is 11.8 Å². The average Bonchev–Trinajstić information content (AvgIpc) is 2.45. The lowest BCUT2D eigenvalue weighted by molar-refractivity contribution is 0.111. The van der Waals surface area contributed by atoms with Gasteiger partial charge in [-0.25, -0.2) is 8.78 Å². The fourth-order valence-electron chi connectivity index (χ4n) is 1.72. The van der Waals surface area contributed by atoms with Crippen LogP contribution in [0.25, 0.3) is 0 Å². The molecule has 0 bridgehead atoms. The zero-order chi connectivity index (χ0) is 14.5. The Labute approximate surface area is 114 Å². The Hall–Kier alpha value is -2.74. The van der Waals surface area contributed by atoms with Gasteiger partial charge in [0.1, 0.15) is 12.4 Å². The second-order valence-corrected chi connectivity index (χ2v) is 4.02. The van der Waals surface area contributed by atoms with E-state index < -0.39 is 11.6 Å². The molecule has 0 aliphatic carbocycles. The van der Waals surface area contributed by atoms with Crippen molar-refractivity contribution in [3.05, 3.63) is 64.7 Å². The zero-order valence-corrected chi connectivity index (χ0v) is 10.3. The van der Waals surface area contributed by atoms with Crippen LogP contribution in [0.4, 0.5) is 8.78 Å². The monoisotopic (exact) mass is 273 g/mol. The van der Waals surface area contributed by atoms with Crippen LogP contribution >= 0.6 is 0 Å². The standard InChI is InChI=1S/C15H9F2NO2/c16-13-5-10(7-18)4-11(6-13)9-20-15-12(8-19)2-1-3-14(15)17/h1-6,8H,9H2. The molecular formula is C15H9F2NO2. The van der Waals surface area contributed by atoms with Gasteiger partial charge in [0.2, 0.25) is 0 Å². The predicted molar refractivity (Wildman–Crippen MR) is 67.2 cm³/mol. The Morgan fingerprint density at radius 2 is 2.05 bits per heavy atom. The number of nitriles is 1. The number of hydrogen-bond acceptors (Lipinski definition) is 3. The molecule has 20 heavy (non-hydrogen) atoms. The van der Waals surface area contributed by atoms with Gasteiger partial charge < -0.3 is 4.74 Å². The van der Waals surface area contributed by atoms with Crippen molar-refractivity contribution in [2.75, 3.05) is 0 Å². The number of aldehydes is 1. The summed E-state index contributed by atoms with van der Waals surface area (Å²) in [6, 6.07) is 9.49. The fraction of sp³-hybridized carbons (Fsp3) is 0.0667. The van der Waals surface area contributed by atoms with Crippen LogP contribution in [0.5, 0.6) is 5.75 Å². The lowest BCUT2D eigenvalue weighted by Crippen LogP contribution is -2.01. The summed E-state index contributed by atoms with van der Waals surface area (Å²) in [5, 5.41) is 8.73. The largest absolute Gasteiger partial charge is 0.485 e. The fourth-order valence-corrected chi connectivity index (χ4v) is 1.72. The van der Waals surface area contributed by atoms with Gasteiger partial charge in [0.15, 0.2) is 17.9 Å². The number of rotatable bonds is 4. The molecule has 2 aromatic carbocycles. The highest BCUT2D eigenvalue weighted by molar-refractivity contribution is 5.79. The van der Waals surface area contributed by atoms with Crippen molar-refractivity contribution in [1.29, 1.82) is 5.26 Å². The highest BCUT2D eigenvalue weighted by Crippen LogP contribution is 2.22. The van der Waals surface area contributed by atoms with Crippen molar-refractivity contribution >= 4 is 6.29 Å². The summed E-state index contributed by atoms with van der Waals surface area (Å²) in [6.45, 7) is -0.145. The number of carbonyl (C=O) groups excluding carboxylic acids is 1. The first-order valence-corrected chi connectivity index (χ1v) is 5.70. The minimum absolute atomic E-state index is 0.0712. The summed E-state index contributed by atoms with van der Waals surface area (Å²) < 4.78 is 32.0.